The summed E-state index contributed by atoms with van der Waals surface area (Å²) in [5.41, 5.74) is 1.26. The number of quaternary nitrogens is 1. The SMILES string of the molecule is CCN(C)CCOCC[N+](C)(C)CCOc1ccc(C)cc1.I.[I-]. The molecule has 24 heavy (non-hydrogen) atoms. The fourth-order valence-electron chi connectivity index (χ4n) is 1.95. The molecule has 0 amide bonds. The van der Waals surface area contributed by atoms with Crippen LogP contribution in [0.4, 0.5) is 0 Å². The lowest BCUT2D eigenvalue weighted by atomic mass is 10.2. The third-order valence-electron chi connectivity index (χ3n) is 3.98. The zero-order valence-electron chi connectivity index (χ0n) is 15.8. The van der Waals surface area contributed by atoms with E-state index >= 15 is 0 Å². The van der Waals surface area contributed by atoms with Crippen molar-refractivity contribution in [2.24, 2.45) is 0 Å². The number of likely N-dealkylation sites (N-methyl/N-ethyl adjacent to an activating group) is 2. The molecule has 0 aromatic heterocycles. The molecule has 0 saturated carbocycles. The van der Waals surface area contributed by atoms with Crippen LogP contribution in [0.15, 0.2) is 24.3 Å². The molecule has 0 fully saturated rings. The molecular formula is C18H34I2N2O2. The molecule has 0 spiro atoms. The number of aryl methyl sites for hydroxylation is 1. The first-order chi connectivity index (χ1) is 10.4. The summed E-state index contributed by atoms with van der Waals surface area (Å²) in [6.45, 7) is 10.6. The lowest BCUT2D eigenvalue weighted by Gasteiger charge is -2.29. The molecule has 6 heteroatoms. The van der Waals surface area contributed by atoms with Crippen molar-refractivity contribution in [2.45, 2.75) is 13.8 Å². The van der Waals surface area contributed by atoms with Crippen LogP contribution in [0.25, 0.3) is 0 Å². The van der Waals surface area contributed by atoms with Crippen molar-refractivity contribution in [3.05, 3.63) is 29.8 Å². The fraction of sp³-hybridized carbons (Fsp3) is 0.667. The number of ether oxygens (including phenoxy) is 2. The van der Waals surface area contributed by atoms with Gasteiger partial charge in [0.25, 0.3) is 0 Å². The summed E-state index contributed by atoms with van der Waals surface area (Å²) in [4.78, 5) is 2.26. The van der Waals surface area contributed by atoms with E-state index in [4.69, 9.17) is 9.47 Å². The first-order valence-corrected chi connectivity index (χ1v) is 8.21. The van der Waals surface area contributed by atoms with Crippen LogP contribution >= 0.6 is 24.0 Å². The van der Waals surface area contributed by atoms with Gasteiger partial charge in [-0.3, -0.25) is 0 Å². The molecule has 0 N–H and O–H groups in total. The van der Waals surface area contributed by atoms with Crippen LogP contribution < -0.4 is 28.7 Å². The average molecular weight is 564 g/mol. The van der Waals surface area contributed by atoms with Crippen molar-refractivity contribution in [3.63, 3.8) is 0 Å². The summed E-state index contributed by atoms with van der Waals surface area (Å²) in [6.07, 6.45) is 0. The van der Waals surface area contributed by atoms with Crippen molar-refractivity contribution in [3.8, 4) is 5.75 Å². The topological polar surface area (TPSA) is 21.7 Å². The second kappa shape index (κ2) is 14.5. The molecular weight excluding hydrogens is 530 g/mol. The van der Waals surface area contributed by atoms with Crippen LogP contribution in [0, 0.1) is 6.92 Å². The van der Waals surface area contributed by atoms with Gasteiger partial charge >= 0.3 is 0 Å². The monoisotopic (exact) mass is 564 g/mol. The van der Waals surface area contributed by atoms with Gasteiger partial charge in [-0.15, -0.1) is 24.0 Å². The van der Waals surface area contributed by atoms with Gasteiger partial charge in [-0.05, 0) is 32.6 Å². The van der Waals surface area contributed by atoms with Crippen LogP contribution in [-0.4, -0.2) is 76.5 Å². The van der Waals surface area contributed by atoms with Gasteiger partial charge in [-0.1, -0.05) is 24.6 Å². The van der Waals surface area contributed by atoms with Gasteiger partial charge in [0.2, 0.25) is 0 Å². The van der Waals surface area contributed by atoms with Gasteiger partial charge in [-0.2, -0.15) is 0 Å². The Morgan fingerprint density at radius 1 is 1.00 bits per heavy atom. The van der Waals surface area contributed by atoms with Crippen molar-refractivity contribution in [1.82, 2.24) is 4.90 Å². The quantitative estimate of drug-likeness (QED) is 0.216. The Labute approximate surface area is 182 Å². The van der Waals surface area contributed by atoms with Gasteiger partial charge in [-0.25, -0.2) is 0 Å². The summed E-state index contributed by atoms with van der Waals surface area (Å²) in [7, 11) is 6.56. The largest absolute Gasteiger partial charge is 1.00 e. The maximum absolute atomic E-state index is 5.81. The molecule has 0 aliphatic heterocycles. The van der Waals surface area contributed by atoms with E-state index in [0.29, 0.717) is 0 Å². The summed E-state index contributed by atoms with van der Waals surface area (Å²) in [5.74, 6) is 0.949. The summed E-state index contributed by atoms with van der Waals surface area (Å²) >= 11 is 0. The summed E-state index contributed by atoms with van der Waals surface area (Å²) in [5, 5.41) is 0. The first kappa shape index (κ1) is 26.6. The van der Waals surface area contributed by atoms with Crippen molar-refractivity contribution in [1.29, 1.82) is 0 Å². The second-order valence-electron chi connectivity index (χ2n) is 6.55. The molecule has 0 atom stereocenters. The standard InChI is InChI=1S/C18H33N2O2.2HI/c1-6-19(3)11-14-21-15-12-20(4,5)13-16-22-18-9-7-17(2)8-10-18;;/h7-10H,6,11-16H2,1-5H3;2*1H/q+1;;/p-1. The van der Waals surface area contributed by atoms with E-state index in [9.17, 15) is 0 Å². The van der Waals surface area contributed by atoms with Gasteiger partial charge in [0.1, 0.15) is 25.4 Å². The number of benzene rings is 1. The molecule has 1 rings (SSSR count). The van der Waals surface area contributed by atoms with E-state index in [0.717, 1.165) is 56.2 Å². The molecule has 0 radical (unpaired) electrons. The Morgan fingerprint density at radius 2 is 1.58 bits per heavy atom. The fourth-order valence-corrected chi connectivity index (χ4v) is 1.95. The summed E-state index contributed by atoms with van der Waals surface area (Å²) in [6, 6.07) is 8.22. The number of halogens is 2. The molecule has 0 unspecified atom stereocenters. The Bertz CT molecular complexity index is 414. The van der Waals surface area contributed by atoms with E-state index in [1.165, 1.54) is 5.56 Å². The third kappa shape index (κ3) is 12.7. The van der Waals surface area contributed by atoms with Crippen LogP contribution in [0.2, 0.25) is 0 Å². The molecule has 1 aromatic rings. The molecule has 0 aliphatic carbocycles. The second-order valence-corrected chi connectivity index (χ2v) is 6.55. The highest BCUT2D eigenvalue weighted by molar-refractivity contribution is 14.0. The highest BCUT2D eigenvalue weighted by Crippen LogP contribution is 2.11. The van der Waals surface area contributed by atoms with Gasteiger partial charge < -0.3 is 42.8 Å². The lowest BCUT2D eigenvalue weighted by molar-refractivity contribution is -0.890. The zero-order chi connectivity index (χ0) is 16.4. The number of hydrogen-bond acceptors (Lipinski definition) is 3. The highest BCUT2D eigenvalue weighted by Gasteiger charge is 2.14. The predicted molar refractivity (Wildman–Crippen MR) is 108 cm³/mol. The molecule has 0 bridgehead atoms. The number of nitrogens with zero attached hydrogens (tertiary/aromatic N) is 2. The van der Waals surface area contributed by atoms with Gasteiger partial charge in [0, 0.05) is 6.54 Å². The van der Waals surface area contributed by atoms with E-state index in [2.05, 4.69) is 52.0 Å². The molecule has 4 nitrogen and oxygen atoms in total. The van der Waals surface area contributed by atoms with Crippen molar-refractivity contribution in [2.75, 3.05) is 67.1 Å². The first-order valence-electron chi connectivity index (χ1n) is 8.21. The predicted octanol–water partition coefficient (Wildman–Crippen LogP) is 0.0405. The van der Waals surface area contributed by atoms with Crippen molar-refractivity contribution >= 4 is 24.0 Å². The number of rotatable bonds is 11. The zero-order valence-corrected chi connectivity index (χ0v) is 20.2. The van der Waals surface area contributed by atoms with Crippen LogP contribution in [0.5, 0.6) is 5.75 Å². The van der Waals surface area contributed by atoms with Crippen LogP contribution in [-0.2, 0) is 4.74 Å². The highest BCUT2D eigenvalue weighted by atomic mass is 127. The maximum Gasteiger partial charge on any atom is 0.137 e. The van der Waals surface area contributed by atoms with E-state index in [1.54, 1.807) is 0 Å². The Balaban J connectivity index is 0. The minimum atomic E-state index is 0. The third-order valence-corrected chi connectivity index (χ3v) is 3.98. The summed E-state index contributed by atoms with van der Waals surface area (Å²) < 4.78 is 12.4. The van der Waals surface area contributed by atoms with Crippen molar-refractivity contribution < 1.29 is 37.9 Å². The molecule has 0 aliphatic rings. The molecule has 142 valence electrons. The van der Waals surface area contributed by atoms with Gasteiger partial charge in [0.15, 0.2) is 0 Å². The maximum atomic E-state index is 5.81. The smallest absolute Gasteiger partial charge is 0.137 e. The Morgan fingerprint density at radius 3 is 2.17 bits per heavy atom. The van der Waals surface area contributed by atoms with E-state index in [-0.39, 0.29) is 48.0 Å². The normalized spacial score (nSPS) is 10.9. The number of hydrogen-bond donors (Lipinski definition) is 0. The Kier molecular flexibility index (Phi) is 16.1. The lowest BCUT2D eigenvalue weighted by Crippen LogP contribution is -3.00. The Hall–Kier alpha value is 0.360. The molecule has 0 heterocycles. The molecule has 0 saturated heterocycles. The van der Waals surface area contributed by atoms with Crippen LogP contribution in [0.1, 0.15) is 12.5 Å². The van der Waals surface area contributed by atoms with Gasteiger partial charge in [0.05, 0.1) is 27.3 Å². The molecule has 1 aromatic carbocycles. The van der Waals surface area contributed by atoms with E-state index < -0.39 is 0 Å². The average Bonchev–Trinajstić information content (AvgIpc) is 2.48. The minimum absolute atomic E-state index is 0. The van der Waals surface area contributed by atoms with E-state index in [1.807, 2.05) is 12.1 Å². The minimum Gasteiger partial charge on any atom is -1.00 e. The van der Waals surface area contributed by atoms with Crippen LogP contribution in [0.3, 0.4) is 0 Å².